The van der Waals surface area contributed by atoms with Crippen molar-refractivity contribution in [1.82, 2.24) is 10.3 Å². The Morgan fingerprint density at radius 2 is 1.90 bits per heavy atom. The number of halogens is 3. The minimum Gasteiger partial charge on any atom is -0.316 e. The van der Waals surface area contributed by atoms with Crippen LogP contribution in [0, 0.1) is 18.8 Å². The lowest BCUT2D eigenvalue weighted by molar-refractivity contribution is -0.184. The van der Waals surface area contributed by atoms with Crippen molar-refractivity contribution in [3.8, 4) is 0 Å². The van der Waals surface area contributed by atoms with Gasteiger partial charge in [-0.1, -0.05) is 6.07 Å². The van der Waals surface area contributed by atoms with E-state index in [1.165, 1.54) is 0 Å². The summed E-state index contributed by atoms with van der Waals surface area (Å²) in [4.78, 5) is 4.40. The Balaban J connectivity index is 1.92. The van der Waals surface area contributed by atoms with Crippen LogP contribution >= 0.6 is 0 Å². The molecule has 0 radical (unpaired) electrons. The molecule has 1 aromatic heterocycles. The number of aromatic nitrogens is 1. The number of rotatable bonds is 4. The van der Waals surface area contributed by atoms with Crippen LogP contribution in [0.2, 0.25) is 0 Å². The molecule has 1 saturated carbocycles. The van der Waals surface area contributed by atoms with E-state index in [-0.39, 0.29) is 18.9 Å². The molecule has 1 atom stereocenters. The summed E-state index contributed by atoms with van der Waals surface area (Å²) >= 11 is 0. The van der Waals surface area contributed by atoms with Gasteiger partial charge < -0.3 is 5.32 Å². The second-order valence-electron chi connectivity index (χ2n) is 6.08. The van der Waals surface area contributed by atoms with E-state index in [0.717, 1.165) is 17.7 Å². The van der Waals surface area contributed by atoms with Crippen LogP contribution < -0.4 is 5.32 Å². The molecule has 0 spiro atoms. The Hall–Kier alpha value is -1.10. The van der Waals surface area contributed by atoms with Crippen molar-refractivity contribution in [2.75, 3.05) is 7.05 Å². The van der Waals surface area contributed by atoms with Crippen molar-refractivity contribution in [3.05, 3.63) is 29.6 Å². The number of alkyl halides is 3. The minimum absolute atomic E-state index is 0.203. The second-order valence-corrected chi connectivity index (χ2v) is 6.08. The van der Waals surface area contributed by atoms with Gasteiger partial charge >= 0.3 is 6.18 Å². The van der Waals surface area contributed by atoms with Crippen LogP contribution in [0.15, 0.2) is 18.3 Å². The summed E-state index contributed by atoms with van der Waals surface area (Å²) in [7, 11) is 1.88. The van der Waals surface area contributed by atoms with Gasteiger partial charge in [-0.05, 0) is 57.2 Å². The molecule has 0 bridgehead atoms. The highest BCUT2D eigenvalue weighted by Crippen LogP contribution is 2.40. The highest BCUT2D eigenvalue weighted by atomic mass is 19.4. The van der Waals surface area contributed by atoms with Crippen LogP contribution in [-0.4, -0.2) is 24.2 Å². The Morgan fingerprint density at radius 3 is 2.38 bits per heavy atom. The summed E-state index contributed by atoms with van der Waals surface area (Å²) in [6, 6.07) is 4.23. The van der Waals surface area contributed by atoms with Gasteiger partial charge in [-0.2, -0.15) is 13.2 Å². The van der Waals surface area contributed by atoms with Crippen molar-refractivity contribution in [2.24, 2.45) is 11.8 Å². The van der Waals surface area contributed by atoms with E-state index >= 15 is 0 Å². The third-order valence-corrected chi connectivity index (χ3v) is 4.58. The first-order valence-corrected chi connectivity index (χ1v) is 7.55. The number of likely N-dealkylation sites (N-methyl/N-ethyl adjacent to an activating group) is 1. The number of nitrogens with one attached hydrogen (secondary N) is 1. The van der Waals surface area contributed by atoms with Crippen LogP contribution in [0.4, 0.5) is 13.2 Å². The fourth-order valence-corrected chi connectivity index (χ4v) is 3.20. The molecule has 1 aromatic rings. The molecule has 1 aliphatic rings. The molecule has 1 aliphatic carbocycles. The molecule has 1 heterocycles. The number of nitrogens with zero attached hydrogens (tertiary/aromatic N) is 1. The zero-order valence-corrected chi connectivity index (χ0v) is 12.6. The number of hydrogen-bond acceptors (Lipinski definition) is 2. The first-order valence-electron chi connectivity index (χ1n) is 7.55. The van der Waals surface area contributed by atoms with Gasteiger partial charge in [0.15, 0.2) is 0 Å². The molecular weight excluding hydrogens is 277 g/mol. The average Bonchev–Trinajstić information content (AvgIpc) is 2.46. The molecule has 0 aromatic carbocycles. The molecule has 1 fully saturated rings. The van der Waals surface area contributed by atoms with Crippen LogP contribution in [0.5, 0.6) is 0 Å². The van der Waals surface area contributed by atoms with Crippen molar-refractivity contribution in [1.29, 1.82) is 0 Å². The summed E-state index contributed by atoms with van der Waals surface area (Å²) in [5.41, 5.74) is 2.11. The number of aryl methyl sites for hydroxylation is 1. The molecular formula is C16H23F3N2. The van der Waals surface area contributed by atoms with Crippen LogP contribution in [0.25, 0.3) is 0 Å². The van der Waals surface area contributed by atoms with Gasteiger partial charge in [0, 0.05) is 24.4 Å². The maximum absolute atomic E-state index is 12.7. The van der Waals surface area contributed by atoms with Gasteiger partial charge in [0.2, 0.25) is 0 Å². The maximum atomic E-state index is 12.7. The topological polar surface area (TPSA) is 24.9 Å². The Kier molecular flexibility index (Phi) is 5.25. The molecule has 118 valence electrons. The molecule has 21 heavy (non-hydrogen) atoms. The first kappa shape index (κ1) is 16.3. The lowest BCUT2D eigenvalue weighted by Gasteiger charge is -2.34. The standard InChI is InChI=1S/C16H23F3N2/c1-11-3-8-14(21-10-11)9-15(20-2)12-4-6-13(7-5-12)16(17,18)19/h3,8,10,12-13,15,20H,4-7,9H2,1-2H3. The molecule has 5 heteroatoms. The largest absolute Gasteiger partial charge is 0.391 e. The van der Waals surface area contributed by atoms with Gasteiger partial charge in [-0.25, -0.2) is 0 Å². The summed E-state index contributed by atoms with van der Waals surface area (Å²) in [5.74, 6) is -0.805. The number of pyridine rings is 1. The molecule has 2 nitrogen and oxygen atoms in total. The second kappa shape index (κ2) is 6.77. The Morgan fingerprint density at radius 1 is 1.24 bits per heavy atom. The Bertz CT molecular complexity index is 434. The molecule has 1 unspecified atom stereocenters. The predicted molar refractivity (Wildman–Crippen MR) is 77.0 cm³/mol. The zero-order chi connectivity index (χ0) is 15.5. The third-order valence-electron chi connectivity index (χ3n) is 4.58. The summed E-state index contributed by atoms with van der Waals surface area (Å²) in [6.45, 7) is 1.99. The lowest BCUT2D eigenvalue weighted by atomic mass is 9.77. The lowest BCUT2D eigenvalue weighted by Crippen LogP contribution is -2.39. The van der Waals surface area contributed by atoms with E-state index in [2.05, 4.69) is 10.3 Å². The van der Waals surface area contributed by atoms with Gasteiger partial charge in [-0.15, -0.1) is 0 Å². The summed E-state index contributed by atoms with van der Waals surface area (Å²) < 4.78 is 38.1. The van der Waals surface area contributed by atoms with Crippen molar-refractivity contribution >= 4 is 0 Å². The van der Waals surface area contributed by atoms with E-state index in [1.54, 1.807) is 0 Å². The maximum Gasteiger partial charge on any atom is 0.391 e. The van der Waals surface area contributed by atoms with Crippen LogP contribution in [0.3, 0.4) is 0 Å². The van der Waals surface area contributed by atoms with Gasteiger partial charge in [-0.3, -0.25) is 4.98 Å². The van der Waals surface area contributed by atoms with E-state index in [9.17, 15) is 13.2 Å². The average molecular weight is 300 g/mol. The van der Waals surface area contributed by atoms with Crippen molar-refractivity contribution in [2.45, 2.75) is 51.2 Å². The van der Waals surface area contributed by atoms with E-state index in [1.807, 2.05) is 32.3 Å². The van der Waals surface area contributed by atoms with Gasteiger partial charge in [0.1, 0.15) is 0 Å². The first-order chi connectivity index (χ1) is 9.90. The highest BCUT2D eigenvalue weighted by Gasteiger charge is 2.42. The molecule has 0 saturated heterocycles. The minimum atomic E-state index is -4.03. The van der Waals surface area contributed by atoms with Crippen LogP contribution in [0.1, 0.15) is 36.9 Å². The highest BCUT2D eigenvalue weighted by molar-refractivity contribution is 5.13. The molecule has 2 rings (SSSR count). The molecule has 1 N–H and O–H groups in total. The summed E-state index contributed by atoms with van der Waals surface area (Å²) in [6.07, 6.45) is 0.379. The van der Waals surface area contributed by atoms with E-state index < -0.39 is 12.1 Å². The zero-order valence-electron chi connectivity index (χ0n) is 12.6. The molecule has 0 aliphatic heterocycles. The normalized spacial score (nSPS) is 24.8. The fraction of sp³-hybridized carbons (Fsp3) is 0.688. The smallest absolute Gasteiger partial charge is 0.316 e. The van der Waals surface area contributed by atoms with E-state index in [0.29, 0.717) is 18.8 Å². The summed E-state index contributed by atoms with van der Waals surface area (Å²) in [5, 5.41) is 3.27. The third kappa shape index (κ3) is 4.43. The fourth-order valence-electron chi connectivity index (χ4n) is 3.20. The predicted octanol–water partition coefficient (Wildman–Crippen LogP) is 3.89. The monoisotopic (exact) mass is 300 g/mol. The quantitative estimate of drug-likeness (QED) is 0.912. The van der Waals surface area contributed by atoms with E-state index in [4.69, 9.17) is 0 Å². The SMILES string of the molecule is CNC(Cc1ccc(C)cn1)C1CCC(C(F)(F)F)CC1. The Labute approximate surface area is 124 Å². The van der Waals surface area contributed by atoms with Crippen molar-refractivity contribution < 1.29 is 13.2 Å². The van der Waals surface area contributed by atoms with Crippen LogP contribution in [-0.2, 0) is 6.42 Å². The van der Waals surface area contributed by atoms with Gasteiger partial charge in [0.25, 0.3) is 0 Å². The molecule has 0 amide bonds. The van der Waals surface area contributed by atoms with Crippen molar-refractivity contribution in [3.63, 3.8) is 0 Å². The number of hydrogen-bond donors (Lipinski definition) is 1. The van der Waals surface area contributed by atoms with Gasteiger partial charge in [0.05, 0.1) is 5.92 Å².